The lowest BCUT2D eigenvalue weighted by Crippen LogP contribution is -2.36. The molecule has 1 atom stereocenters. The number of hydrogen-bond donors (Lipinski definition) is 1. The molecule has 0 aliphatic carbocycles. The first-order valence-corrected chi connectivity index (χ1v) is 11.3. The normalized spacial score (nSPS) is 17.6. The van der Waals surface area contributed by atoms with E-state index >= 15 is 0 Å². The molecule has 1 aliphatic heterocycles. The molecule has 2 amide bonds. The lowest BCUT2D eigenvalue weighted by molar-refractivity contribution is -0.197. The molecule has 0 radical (unpaired) electrons. The molecule has 0 aromatic rings. The Kier molecular flexibility index (Phi) is 10.5. The molecule has 1 N–H and O–H groups in total. The summed E-state index contributed by atoms with van der Waals surface area (Å²) in [4.78, 5) is 39.7. The van der Waals surface area contributed by atoms with Crippen LogP contribution in [-0.2, 0) is 29.3 Å². The van der Waals surface area contributed by atoms with E-state index in [0.29, 0.717) is 6.42 Å². The van der Waals surface area contributed by atoms with Gasteiger partial charge in [-0.1, -0.05) is 71.1 Å². The van der Waals surface area contributed by atoms with Crippen molar-refractivity contribution >= 4 is 27.9 Å². The van der Waals surface area contributed by atoms with Gasteiger partial charge in [-0.2, -0.15) is 8.42 Å². The molecule has 9 heteroatoms. The lowest BCUT2D eigenvalue weighted by Gasteiger charge is -2.13. The Bertz CT molecular complexity index is 603. The van der Waals surface area contributed by atoms with Crippen molar-refractivity contribution < 1.29 is 32.2 Å². The molecule has 1 fully saturated rings. The molecule has 0 aromatic carbocycles. The van der Waals surface area contributed by atoms with Gasteiger partial charge < -0.3 is 4.84 Å². The minimum absolute atomic E-state index is 0.0462. The monoisotopic (exact) mass is 405 g/mol. The summed E-state index contributed by atoms with van der Waals surface area (Å²) in [6, 6.07) is 0. The predicted molar refractivity (Wildman–Crippen MR) is 99.0 cm³/mol. The smallest absolute Gasteiger partial charge is 0.330 e. The second-order valence-electron chi connectivity index (χ2n) is 6.98. The van der Waals surface area contributed by atoms with Crippen LogP contribution in [0.25, 0.3) is 0 Å². The van der Waals surface area contributed by atoms with E-state index in [9.17, 15) is 22.8 Å². The molecule has 1 rings (SSSR count). The zero-order valence-electron chi connectivity index (χ0n) is 16.0. The van der Waals surface area contributed by atoms with Crippen LogP contribution in [0.1, 0.15) is 90.4 Å². The Morgan fingerprint density at radius 2 is 1.48 bits per heavy atom. The molecule has 1 saturated heterocycles. The van der Waals surface area contributed by atoms with Gasteiger partial charge in [-0.3, -0.25) is 14.1 Å². The number of unbranched alkanes of at least 4 members (excludes halogenated alkanes) is 10. The van der Waals surface area contributed by atoms with Crippen molar-refractivity contribution in [3.05, 3.63) is 0 Å². The van der Waals surface area contributed by atoms with Crippen LogP contribution in [0.3, 0.4) is 0 Å². The number of carbonyl (C=O) groups is 3. The van der Waals surface area contributed by atoms with E-state index in [1.165, 1.54) is 44.9 Å². The third kappa shape index (κ3) is 8.83. The van der Waals surface area contributed by atoms with Crippen molar-refractivity contribution in [1.29, 1.82) is 0 Å². The quantitative estimate of drug-likeness (QED) is 0.268. The van der Waals surface area contributed by atoms with Crippen LogP contribution in [-0.4, -0.2) is 41.1 Å². The predicted octanol–water partition coefficient (Wildman–Crippen LogP) is 3.16. The SMILES string of the molecule is CCCCCCCCCCCCCC(=O)ON1C(=O)C[C@H](S(=O)(=O)O)C1=O. The number of hydroxylamine groups is 2. The highest BCUT2D eigenvalue weighted by atomic mass is 32.2. The van der Waals surface area contributed by atoms with Gasteiger partial charge >= 0.3 is 5.97 Å². The van der Waals surface area contributed by atoms with Gasteiger partial charge in [-0.05, 0) is 6.42 Å². The standard InChI is InChI=1S/C18H31NO7S/c1-2-3-4-5-6-7-8-9-10-11-12-13-17(21)26-19-16(20)14-15(18(19)22)27(23,24)25/h15H,2-14H2,1H3,(H,23,24,25)/t15-/m0/s1. The minimum Gasteiger partial charge on any atom is -0.330 e. The van der Waals surface area contributed by atoms with Crippen molar-refractivity contribution in [3.63, 3.8) is 0 Å². The first-order chi connectivity index (χ1) is 12.8. The Hall–Kier alpha value is -1.48. The second kappa shape index (κ2) is 12.1. The molecule has 8 nitrogen and oxygen atoms in total. The van der Waals surface area contributed by atoms with Crippen molar-refractivity contribution in [2.24, 2.45) is 0 Å². The van der Waals surface area contributed by atoms with Gasteiger partial charge in [0.1, 0.15) is 0 Å². The molecule has 1 heterocycles. The van der Waals surface area contributed by atoms with E-state index in [0.717, 1.165) is 19.3 Å². The summed E-state index contributed by atoms with van der Waals surface area (Å²) in [7, 11) is -4.70. The van der Waals surface area contributed by atoms with Gasteiger partial charge in [0.2, 0.25) is 0 Å². The first-order valence-electron chi connectivity index (χ1n) is 9.81. The summed E-state index contributed by atoms with van der Waals surface area (Å²) in [5.41, 5.74) is 0. The number of hydrogen-bond acceptors (Lipinski definition) is 6. The molecule has 0 saturated carbocycles. The Labute approximate surface area is 161 Å². The third-order valence-corrected chi connectivity index (χ3v) is 5.69. The number of carbonyl (C=O) groups excluding carboxylic acids is 3. The highest BCUT2D eigenvalue weighted by molar-refractivity contribution is 7.87. The maximum atomic E-state index is 11.7. The van der Waals surface area contributed by atoms with Crippen molar-refractivity contribution in [2.45, 2.75) is 95.6 Å². The summed E-state index contributed by atoms with van der Waals surface area (Å²) in [6.07, 6.45) is 11.7. The zero-order chi connectivity index (χ0) is 20.3. The number of amides is 2. The third-order valence-electron chi connectivity index (χ3n) is 4.60. The molecule has 0 unspecified atom stereocenters. The maximum Gasteiger partial charge on any atom is 0.333 e. The van der Waals surface area contributed by atoms with Crippen molar-refractivity contribution in [1.82, 2.24) is 5.06 Å². The van der Waals surface area contributed by atoms with Crippen molar-refractivity contribution in [2.75, 3.05) is 0 Å². The summed E-state index contributed by atoms with van der Waals surface area (Å²) in [5, 5.41) is -1.74. The Balaban J connectivity index is 2.11. The van der Waals surface area contributed by atoms with E-state index in [2.05, 4.69) is 11.8 Å². The number of rotatable bonds is 14. The number of nitrogens with zero attached hydrogens (tertiary/aromatic N) is 1. The van der Waals surface area contributed by atoms with E-state index in [-0.39, 0.29) is 11.5 Å². The van der Waals surface area contributed by atoms with E-state index in [1.807, 2.05) is 0 Å². The van der Waals surface area contributed by atoms with Crippen LogP contribution in [0, 0.1) is 0 Å². The van der Waals surface area contributed by atoms with Gasteiger partial charge in [0.25, 0.3) is 21.9 Å². The molecule has 0 aromatic heterocycles. The van der Waals surface area contributed by atoms with E-state index < -0.39 is 39.6 Å². The Morgan fingerprint density at radius 1 is 1.00 bits per heavy atom. The van der Waals surface area contributed by atoms with Crippen LogP contribution >= 0.6 is 0 Å². The number of imide groups is 1. The first kappa shape index (κ1) is 23.6. The van der Waals surface area contributed by atoms with Gasteiger partial charge in [0.05, 0.1) is 6.42 Å². The lowest BCUT2D eigenvalue weighted by atomic mass is 10.1. The van der Waals surface area contributed by atoms with Crippen molar-refractivity contribution in [3.8, 4) is 0 Å². The zero-order valence-corrected chi connectivity index (χ0v) is 16.8. The summed E-state index contributed by atoms with van der Waals surface area (Å²) in [6.45, 7) is 2.20. The van der Waals surface area contributed by atoms with E-state index in [4.69, 9.17) is 4.55 Å². The van der Waals surface area contributed by atoms with Gasteiger partial charge in [0.15, 0.2) is 5.25 Å². The van der Waals surface area contributed by atoms with Crippen LogP contribution < -0.4 is 0 Å². The maximum absolute atomic E-state index is 11.7. The molecule has 156 valence electrons. The molecule has 27 heavy (non-hydrogen) atoms. The van der Waals surface area contributed by atoms with Gasteiger partial charge in [-0.25, -0.2) is 4.79 Å². The molecule has 0 spiro atoms. The molecular formula is C18H31NO7S. The molecule has 0 bridgehead atoms. The summed E-state index contributed by atoms with van der Waals surface area (Å²) >= 11 is 0. The van der Waals surface area contributed by atoms with Crippen LogP contribution in [0.15, 0.2) is 0 Å². The average molecular weight is 406 g/mol. The highest BCUT2D eigenvalue weighted by Gasteiger charge is 2.48. The minimum atomic E-state index is -4.70. The average Bonchev–Trinajstić information content (AvgIpc) is 2.88. The van der Waals surface area contributed by atoms with E-state index in [1.54, 1.807) is 0 Å². The fourth-order valence-electron chi connectivity index (χ4n) is 2.99. The largest absolute Gasteiger partial charge is 0.333 e. The second-order valence-corrected chi connectivity index (χ2v) is 8.58. The molecular weight excluding hydrogens is 374 g/mol. The van der Waals surface area contributed by atoms with Gasteiger partial charge in [0, 0.05) is 6.42 Å². The fourth-order valence-corrected chi connectivity index (χ4v) is 3.70. The molecule has 1 aliphatic rings. The van der Waals surface area contributed by atoms with Gasteiger partial charge in [-0.15, -0.1) is 5.06 Å². The van der Waals surface area contributed by atoms with Crippen LogP contribution in [0.5, 0.6) is 0 Å². The van der Waals surface area contributed by atoms with Crippen LogP contribution in [0.2, 0.25) is 0 Å². The highest BCUT2D eigenvalue weighted by Crippen LogP contribution is 2.20. The summed E-state index contributed by atoms with van der Waals surface area (Å²) in [5.74, 6) is -2.94. The summed E-state index contributed by atoms with van der Waals surface area (Å²) < 4.78 is 30.9. The van der Waals surface area contributed by atoms with Crippen LogP contribution in [0.4, 0.5) is 0 Å². The fraction of sp³-hybridized carbons (Fsp3) is 0.833. The Morgan fingerprint density at radius 3 is 1.93 bits per heavy atom. The topological polar surface area (TPSA) is 118 Å².